The Labute approximate surface area is 137 Å². The van der Waals surface area contributed by atoms with Crippen LogP contribution in [0.4, 0.5) is 0 Å². The maximum absolute atomic E-state index is 12.9. The molecule has 1 unspecified atom stereocenters. The van der Waals surface area contributed by atoms with E-state index in [1.807, 2.05) is 39.0 Å². The van der Waals surface area contributed by atoms with Gasteiger partial charge in [0.2, 0.25) is 0 Å². The Morgan fingerprint density at radius 3 is 2.04 bits per heavy atom. The summed E-state index contributed by atoms with van der Waals surface area (Å²) in [7, 11) is 1.58. The summed E-state index contributed by atoms with van der Waals surface area (Å²) in [6, 6.07) is 14.3. The Balaban J connectivity index is 2.35. The second kappa shape index (κ2) is 7.23. The summed E-state index contributed by atoms with van der Waals surface area (Å²) in [5.74, 6) is -0.316. The largest absolute Gasteiger partial charge is 0.497 e. The van der Waals surface area contributed by atoms with Gasteiger partial charge in [-0.05, 0) is 42.7 Å². The molecule has 0 aromatic heterocycles. The fraction of sp³-hybridized carbons (Fsp3) is 0.300. The van der Waals surface area contributed by atoms with E-state index in [0.29, 0.717) is 16.9 Å². The zero-order chi connectivity index (χ0) is 17.0. The highest BCUT2D eigenvalue weighted by Gasteiger charge is 2.31. The van der Waals surface area contributed by atoms with Gasteiger partial charge in [-0.1, -0.05) is 38.1 Å². The van der Waals surface area contributed by atoms with Crippen LogP contribution in [-0.4, -0.2) is 18.7 Å². The molecule has 0 spiro atoms. The number of methoxy groups -OCH3 is 1. The van der Waals surface area contributed by atoms with Gasteiger partial charge in [0.05, 0.1) is 13.0 Å². The number of ketones is 2. The van der Waals surface area contributed by atoms with E-state index in [9.17, 15) is 9.59 Å². The van der Waals surface area contributed by atoms with Gasteiger partial charge in [0.25, 0.3) is 0 Å². The van der Waals surface area contributed by atoms with Crippen LogP contribution in [0, 0.1) is 18.8 Å². The van der Waals surface area contributed by atoms with E-state index in [1.165, 1.54) is 0 Å². The summed E-state index contributed by atoms with van der Waals surface area (Å²) < 4.78 is 5.11. The van der Waals surface area contributed by atoms with Crippen LogP contribution in [0.2, 0.25) is 0 Å². The van der Waals surface area contributed by atoms with E-state index in [1.54, 1.807) is 37.4 Å². The Kier molecular flexibility index (Phi) is 5.32. The summed E-state index contributed by atoms with van der Waals surface area (Å²) in [4.78, 5) is 25.7. The van der Waals surface area contributed by atoms with Crippen LogP contribution in [0.1, 0.15) is 40.1 Å². The SMILES string of the molecule is COc1ccc(C(=O)C(C(=O)c2ccccc2C)C(C)C)cc1. The summed E-state index contributed by atoms with van der Waals surface area (Å²) in [5, 5.41) is 0. The minimum absolute atomic E-state index is 0.0725. The highest BCUT2D eigenvalue weighted by Crippen LogP contribution is 2.24. The van der Waals surface area contributed by atoms with Crippen molar-refractivity contribution in [2.24, 2.45) is 11.8 Å². The van der Waals surface area contributed by atoms with E-state index in [2.05, 4.69) is 0 Å². The molecule has 0 bridgehead atoms. The van der Waals surface area contributed by atoms with E-state index in [4.69, 9.17) is 4.74 Å². The van der Waals surface area contributed by atoms with Crippen LogP contribution >= 0.6 is 0 Å². The molecule has 0 saturated carbocycles. The highest BCUT2D eigenvalue weighted by molar-refractivity contribution is 6.16. The molecule has 0 radical (unpaired) electrons. The van der Waals surface area contributed by atoms with Gasteiger partial charge >= 0.3 is 0 Å². The number of carbonyl (C=O) groups excluding carboxylic acids is 2. The molecule has 0 aliphatic heterocycles. The first-order valence-corrected chi connectivity index (χ1v) is 7.73. The van der Waals surface area contributed by atoms with Crippen molar-refractivity contribution in [3.63, 3.8) is 0 Å². The lowest BCUT2D eigenvalue weighted by Crippen LogP contribution is -2.29. The fourth-order valence-electron chi connectivity index (χ4n) is 2.68. The molecule has 2 aromatic rings. The quantitative estimate of drug-likeness (QED) is 0.589. The third-order valence-electron chi connectivity index (χ3n) is 4.02. The summed E-state index contributed by atoms with van der Waals surface area (Å²) >= 11 is 0. The third kappa shape index (κ3) is 3.67. The monoisotopic (exact) mass is 310 g/mol. The van der Waals surface area contributed by atoms with Gasteiger partial charge in [0, 0.05) is 11.1 Å². The number of carbonyl (C=O) groups is 2. The molecule has 0 heterocycles. The van der Waals surface area contributed by atoms with Crippen molar-refractivity contribution in [1.82, 2.24) is 0 Å². The van der Waals surface area contributed by atoms with E-state index < -0.39 is 5.92 Å². The van der Waals surface area contributed by atoms with Gasteiger partial charge in [-0.25, -0.2) is 0 Å². The fourth-order valence-corrected chi connectivity index (χ4v) is 2.68. The molecule has 0 N–H and O–H groups in total. The molecular weight excluding hydrogens is 288 g/mol. The second-order valence-corrected chi connectivity index (χ2v) is 5.99. The Hall–Kier alpha value is -2.42. The van der Waals surface area contributed by atoms with Crippen LogP contribution in [0.15, 0.2) is 48.5 Å². The minimum Gasteiger partial charge on any atom is -0.497 e. The van der Waals surface area contributed by atoms with E-state index >= 15 is 0 Å². The maximum atomic E-state index is 12.9. The number of Topliss-reactive ketones (excluding diaryl/α,β-unsaturated/α-hetero) is 2. The topological polar surface area (TPSA) is 43.4 Å². The van der Waals surface area contributed by atoms with Crippen molar-refractivity contribution < 1.29 is 14.3 Å². The van der Waals surface area contributed by atoms with Gasteiger partial charge in [-0.15, -0.1) is 0 Å². The van der Waals surface area contributed by atoms with Crippen molar-refractivity contribution in [2.75, 3.05) is 7.11 Å². The van der Waals surface area contributed by atoms with Crippen molar-refractivity contribution in [1.29, 1.82) is 0 Å². The minimum atomic E-state index is -0.676. The lowest BCUT2D eigenvalue weighted by atomic mass is 9.81. The molecule has 3 nitrogen and oxygen atoms in total. The number of aryl methyl sites for hydroxylation is 1. The zero-order valence-corrected chi connectivity index (χ0v) is 14.0. The normalized spacial score (nSPS) is 12.0. The predicted octanol–water partition coefficient (Wildman–Crippen LogP) is 4.34. The Morgan fingerprint density at radius 1 is 0.913 bits per heavy atom. The van der Waals surface area contributed by atoms with Gasteiger partial charge < -0.3 is 4.74 Å². The number of rotatable bonds is 6. The smallest absolute Gasteiger partial charge is 0.174 e. The molecule has 120 valence electrons. The van der Waals surface area contributed by atoms with Crippen LogP contribution in [0.25, 0.3) is 0 Å². The maximum Gasteiger partial charge on any atom is 0.174 e. The number of hydrogen-bond donors (Lipinski definition) is 0. The molecular formula is C20H22O3. The summed E-state index contributed by atoms with van der Waals surface area (Å²) in [6.07, 6.45) is 0. The molecule has 0 aliphatic carbocycles. The van der Waals surface area contributed by atoms with Crippen LogP contribution in [0.5, 0.6) is 5.75 Å². The molecule has 23 heavy (non-hydrogen) atoms. The Bertz CT molecular complexity index is 699. The van der Waals surface area contributed by atoms with Crippen molar-refractivity contribution >= 4 is 11.6 Å². The molecule has 2 rings (SSSR count). The van der Waals surface area contributed by atoms with Crippen LogP contribution in [-0.2, 0) is 0 Å². The summed E-state index contributed by atoms with van der Waals surface area (Å²) in [6.45, 7) is 5.70. The van der Waals surface area contributed by atoms with Crippen LogP contribution < -0.4 is 4.74 Å². The lowest BCUT2D eigenvalue weighted by molar-refractivity contribution is 0.0766. The van der Waals surface area contributed by atoms with Gasteiger partial charge in [-0.3, -0.25) is 9.59 Å². The molecule has 3 heteroatoms. The predicted molar refractivity (Wildman–Crippen MR) is 91.2 cm³/mol. The first kappa shape index (κ1) is 16.9. The average molecular weight is 310 g/mol. The Morgan fingerprint density at radius 2 is 1.52 bits per heavy atom. The van der Waals surface area contributed by atoms with Gasteiger partial charge in [0.1, 0.15) is 5.75 Å². The van der Waals surface area contributed by atoms with Crippen molar-refractivity contribution in [2.45, 2.75) is 20.8 Å². The van der Waals surface area contributed by atoms with Crippen LogP contribution in [0.3, 0.4) is 0 Å². The molecule has 0 aliphatic rings. The summed E-state index contributed by atoms with van der Waals surface area (Å²) in [5.41, 5.74) is 2.05. The average Bonchev–Trinajstić information content (AvgIpc) is 2.55. The molecule has 2 aromatic carbocycles. The van der Waals surface area contributed by atoms with E-state index in [-0.39, 0.29) is 17.5 Å². The molecule has 0 amide bonds. The molecule has 0 fully saturated rings. The van der Waals surface area contributed by atoms with Crippen molar-refractivity contribution in [3.05, 3.63) is 65.2 Å². The first-order valence-electron chi connectivity index (χ1n) is 7.73. The number of benzene rings is 2. The lowest BCUT2D eigenvalue weighted by Gasteiger charge is -2.19. The highest BCUT2D eigenvalue weighted by atomic mass is 16.5. The second-order valence-electron chi connectivity index (χ2n) is 5.99. The molecule has 1 atom stereocenters. The number of hydrogen-bond acceptors (Lipinski definition) is 3. The third-order valence-corrected chi connectivity index (χ3v) is 4.02. The standard InChI is InChI=1S/C20H22O3/c1-13(2)18(20(22)17-8-6-5-7-14(17)3)19(21)15-9-11-16(23-4)12-10-15/h5-13,18H,1-4H3. The first-order chi connectivity index (χ1) is 11.0. The van der Waals surface area contributed by atoms with Crippen molar-refractivity contribution in [3.8, 4) is 5.75 Å². The number of ether oxygens (including phenoxy) is 1. The van der Waals surface area contributed by atoms with E-state index in [0.717, 1.165) is 5.56 Å². The zero-order valence-electron chi connectivity index (χ0n) is 14.0. The van der Waals surface area contributed by atoms with Gasteiger partial charge in [0.15, 0.2) is 11.6 Å². The molecule has 0 saturated heterocycles. The van der Waals surface area contributed by atoms with Gasteiger partial charge in [-0.2, -0.15) is 0 Å².